The quantitative estimate of drug-likeness (QED) is 0.889. The van der Waals surface area contributed by atoms with Crippen molar-refractivity contribution in [2.75, 3.05) is 33.0 Å². The second-order valence-corrected chi connectivity index (χ2v) is 6.31. The largest absolute Gasteiger partial charge is 0.475 e. The molecule has 25 heavy (non-hydrogen) atoms. The summed E-state index contributed by atoms with van der Waals surface area (Å²) < 4.78 is 16.1. The lowest BCUT2D eigenvalue weighted by atomic mass is 10.1. The highest BCUT2D eigenvalue weighted by molar-refractivity contribution is 5.84. The Kier molecular flexibility index (Phi) is 4.33. The lowest BCUT2D eigenvalue weighted by molar-refractivity contribution is 0.0655. The maximum atomic E-state index is 10.9. The molecule has 2 aliphatic rings. The molecule has 4 rings (SSSR count). The van der Waals surface area contributed by atoms with Crippen molar-refractivity contribution in [1.29, 1.82) is 0 Å². The van der Waals surface area contributed by atoms with Crippen molar-refractivity contribution in [2.24, 2.45) is 0 Å². The fraction of sp³-hybridized carbons (Fsp3) is 0.389. The van der Waals surface area contributed by atoms with Gasteiger partial charge < -0.3 is 19.0 Å². The molecule has 0 amide bonds. The number of piperazine rings is 1. The second kappa shape index (κ2) is 6.78. The minimum atomic E-state index is -1.03. The Hall–Kier alpha value is -2.51. The summed E-state index contributed by atoms with van der Waals surface area (Å²) in [4.78, 5) is 15.5. The Morgan fingerprint density at radius 2 is 1.68 bits per heavy atom. The van der Waals surface area contributed by atoms with E-state index >= 15 is 0 Å². The van der Waals surface area contributed by atoms with Gasteiger partial charge in [0.05, 0.1) is 6.54 Å². The minimum absolute atomic E-state index is 0.00329. The van der Waals surface area contributed by atoms with E-state index in [1.165, 1.54) is 11.6 Å². The van der Waals surface area contributed by atoms with Crippen LogP contribution in [-0.2, 0) is 13.1 Å². The number of carboxylic acid groups (broad SMARTS) is 1. The number of hydrogen-bond donors (Lipinski definition) is 1. The third-order valence-electron chi connectivity index (χ3n) is 4.56. The highest BCUT2D eigenvalue weighted by atomic mass is 16.7. The molecule has 2 aliphatic heterocycles. The summed E-state index contributed by atoms with van der Waals surface area (Å²) in [6, 6.07) is 9.34. The van der Waals surface area contributed by atoms with Crippen molar-refractivity contribution in [3.63, 3.8) is 0 Å². The summed E-state index contributed by atoms with van der Waals surface area (Å²) in [7, 11) is 0. The lowest BCUT2D eigenvalue weighted by Gasteiger charge is -2.34. The Labute approximate surface area is 145 Å². The maximum absolute atomic E-state index is 10.9. The van der Waals surface area contributed by atoms with Crippen molar-refractivity contribution in [2.45, 2.75) is 13.1 Å². The Balaban J connectivity index is 1.28. The van der Waals surface area contributed by atoms with Crippen LogP contribution in [0.15, 0.2) is 34.7 Å². The molecular formula is C18H20N2O5. The maximum Gasteiger partial charge on any atom is 0.371 e. The van der Waals surface area contributed by atoms with E-state index in [1.54, 1.807) is 6.07 Å². The van der Waals surface area contributed by atoms with Gasteiger partial charge in [0.1, 0.15) is 5.76 Å². The highest BCUT2D eigenvalue weighted by Gasteiger charge is 2.20. The number of nitrogens with zero attached hydrogens (tertiary/aromatic N) is 2. The van der Waals surface area contributed by atoms with Gasteiger partial charge in [-0.3, -0.25) is 9.80 Å². The van der Waals surface area contributed by atoms with Crippen LogP contribution in [0.1, 0.15) is 21.9 Å². The summed E-state index contributed by atoms with van der Waals surface area (Å²) in [5, 5.41) is 8.91. The van der Waals surface area contributed by atoms with Crippen molar-refractivity contribution in [3.05, 3.63) is 47.4 Å². The van der Waals surface area contributed by atoms with Gasteiger partial charge in [0.25, 0.3) is 0 Å². The zero-order valence-corrected chi connectivity index (χ0v) is 13.8. The van der Waals surface area contributed by atoms with Crippen LogP contribution in [0.25, 0.3) is 0 Å². The van der Waals surface area contributed by atoms with Gasteiger partial charge >= 0.3 is 5.97 Å². The first-order valence-corrected chi connectivity index (χ1v) is 8.32. The summed E-state index contributed by atoms with van der Waals surface area (Å²) in [6.45, 7) is 5.59. The van der Waals surface area contributed by atoms with E-state index in [0.29, 0.717) is 19.1 Å². The molecule has 0 saturated carbocycles. The van der Waals surface area contributed by atoms with Gasteiger partial charge in [-0.25, -0.2) is 4.79 Å². The third-order valence-corrected chi connectivity index (χ3v) is 4.56. The molecule has 3 heterocycles. The number of hydrogen-bond acceptors (Lipinski definition) is 6. The number of aromatic carboxylic acids is 1. The van der Waals surface area contributed by atoms with Crippen LogP contribution in [0, 0.1) is 0 Å². The smallest absolute Gasteiger partial charge is 0.371 e. The molecule has 7 heteroatoms. The average molecular weight is 344 g/mol. The van der Waals surface area contributed by atoms with E-state index in [2.05, 4.69) is 15.9 Å². The van der Waals surface area contributed by atoms with E-state index in [1.807, 2.05) is 12.1 Å². The van der Waals surface area contributed by atoms with Gasteiger partial charge in [-0.15, -0.1) is 0 Å². The van der Waals surface area contributed by atoms with Gasteiger partial charge in [0, 0.05) is 32.7 Å². The van der Waals surface area contributed by atoms with Crippen molar-refractivity contribution >= 4 is 5.97 Å². The molecule has 1 fully saturated rings. The minimum Gasteiger partial charge on any atom is -0.475 e. The molecule has 1 N–H and O–H groups in total. The highest BCUT2D eigenvalue weighted by Crippen LogP contribution is 2.32. The van der Waals surface area contributed by atoms with E-state index in [0.717, 1.165) is 44.2 Å². The molecule has 7 nitrogen and oxygen atoms in total. The van der Waals surface area contributed by atoms with E-state index < -0.39 is 5.97 Å². The topological polar surface area (TPSA) is 75.4 Å². The molecule has 0 bridgehead atoms. The molecule has 0 aliphatic carbocycles. The number of rotatable bonds is 5. The molecule has 0 radical (unpaired) electrons. The second-order valence-electron chi connectivity index (χ2n) is 6.31. The fourth-order valence-corrected chi connectivity index (χ4v) is 3.20. The molecule has 0 spiro atoms. The predicted octanol–water partition coefficient (Wildman–Crippen LogP) is 2.02. The Morgan fingerprint density at radius 3 is 2.40 bits per heavy atom. The summed E-state index contributed by atoms with van der Waals surface area (Å²) in [5.74, 6) is 1.30. The molecule has 0 unspecified atom stereocenters. The van der Waals surface area contributed by atoms with Crippen LogP contribution in [0.5, 0.6) is 11.5 Å². The average Bonchev–Trinajstić information content (AvgIpc) is 3.25. The molecule has 0 atom stereocenters. The molecule has 2 aromatic rings. The zero-order valence-electron chi connectivity index (χ0n) is 13.8. The molecule has 1 saturated heterocycles. The lowest BCUT2D eigenvalue weighted by Crippen LogP contribution is -2.45. The number of ether oxygens (including phenoxy) is 2. The van der Waals surface area contributed by atoms with Gasteiger partial charge in [-0.2, -0.15) is 0 Å². The normalized spacial score (nSPS) is 17.8. The van der Waals surface area contributed by atoms with Gasteiger partial charge in [0.2, 0.25) is 12.6 Å². The summed E-state index contributed by atoms with van der Waals surface area (Å²) >= 11 is 0. The third kappa shape index (κ3) is 3.62. The standard InChI is InChI=1S/C18H20N2O5/c21-18(22)16-4-2-14(25-16)11-20-7-5-19(6-8-20)10-13-1-3-15-17(9-13)24-12-23-15/h1-4,9H,5-8,10-12H2,(H,21,22). The van der Waals surface area contributed by atoms with Crippen LogP contribution >= 0.6 is 0 Å². The van der Waals surface area contributed by atoms with Gasteiger partial charge in [0.15, 0.2) is 11.5 Å². The number of carbonyl (C=O) groups is 1. The van der Waals surface area contributed by atoms with Crippen LogP contribution < -0.4 is 9.47 Å². The van der Waals surface area contributed by atoms with Crippen LogP contribution in [0.2, 0.25) is 0 Å². The number of benzene rings is 1. The Morgan fingerprint density at radius 1 is 0.960 bits per heavy atom. The number of furan rings is 1. The van der Waals surface area contributed by atoms with Crippen molar-refractivity contribution < 1.29 is 23.8 Å². The summed E-state index contributed by atoms with van der Waals surface area (Å²) in [5.41, 5.74) is 1.22. The summed E-state index contributed by atoms with van der Waals surface area (Å²) in [6.07, 6.45) is 0. The molecule has 1 aromatic heterocycles. The van der Waals surface area contributed by atoms with E-state index in [9.17, 15) is 4.79 Å². The number of carboxylic acids is 1. The van der Waals surface area contributed by atoms with Crippen LogP contribution in [0.4, 0.5) is 0 Å². The first-order chi connectivity index (χ1) is 12.2. The SMILES string of the molecule is O=C(O)c1ccc(CN2CCN(Cc3ccc4c(c3)OCO4)CC2)o1. The van der Waals surface area contributed by atoms with Crippen molar-refractivity contribution in [1.82, 2.24) is 9.80 Å². The molecule has 1 aromatic carbocycles. The zero-order chi connectivity index (χ0) is 17.2. The Bertz CT molecular complexity index is 765. The van der Waals surface area contributed by atoms with Crippen LogP contribution in [0.3, 0.4) is 0 Å². The number of fused-ring (bicyclic) bond motifs is 1. The first kappa shape index (κ1) is 16.0. The fourth-order valence-electron chi connectivity index (χ4n) is 3.20. The van der Waals surface area contributed by atoms with Gasteiger partial charge in [-0.1, -0.05) is 6.07 Å². The van der Waals surface area contributed by atoms with Gasteiger partial charge in [-0.05, 0) is 29.8 Å². The molecule has 132 valence electrons. The van der Waals surface area contributed by atoms with E-state index in [-0.39, 0.29) is 5.76 Å². The van der Waals surface area contributed by atoms with Crippen molar-refractivity contribution in [3.8, 4) is 11.5 Å². The molecular weight excluding hydrogens is 324 g/mol. The monoisotopic (exact) mass is 344 g/mol. The predicted molar refractivity (Wildman–Crippen MR) is 88.8 cm³/mol. The van der Waals surface area contributed by atoms with Crippen LogP contribution in [-0.4, -0.2) is 53.8 Å². The van der Waals surface area contributed by atoms with E-state index in [4.69, 9.17) is 19.0 Å². The first-order valence-electron chi connectivity index (χ1n) is 8.32.